The normalized spacial score (nSPS) is 19.5. The highest BCUT2D eigenvalue weighted by Gasteiger charge is 2.34. The van der Waals surface area contributed by atoms with Crippen LogP contribution in [0.3, 0.4) is 0 Å². The Kier molecular flexibility index (Phi) is 3.24. The second-order valence-electron chi connectivity index (χ2n) is 4.04. The molecule has 2 heterocycles. The third kappa shape index (κ3) is 2.21. The Morgan fingerprint density at radius 2 is 2.24 bits per heavy atom. The molecule has 0 aliphatic carbocycles. The smallest absolute Gasteiger partial charge is 0.320 e. The van der Waals surface area contributed by atoms with Crippen LogP contribution in [0.15, 0.2) is 24.5 Å². The molecule has 1 atom stereocenters. The number of hydrogen-bond donors (Lipinski definition) is 0. The molecule has 0 saturated carbocycles. The molecule has 0 spiro atoms. The summed E-state index contributed by atoms with van der Waals surface area (Å²) in [6.45, 7) is 1.14. The van der Waals surface area contributed by atoms with Crippen LogP contribution in [0.5, 0.6) is 0 Å². The Balaban J connectivity index is 2.12. The Morgan fingerprint density at radius 3 is 2.88 bits per heavy atom. The van der Waals surface area contributed by atoms with Crippen LogP contribution in [0, 0.1) is 11.3 Å². The van der Waals surface area contributed by atoms with Gasteiger partial charge >= 0.3 is 6.03 Å². The lowest BCUT2D eigenvalue weighted by molar-refractivity contribution is 0.196. The Morgan fingerprint density at radius 1 is 1.53 bits per heavy atom. The van der Waals surface area contributed by atoms with Crippen molar-refractivity contribution in [3.63, 3.8) is 0 Å². The van der Waals surface area contributed by atoms with Crippen molar-refractivity contribution in [3.05, 3.63) is 30.1 Å². The molecule has 1 aliphatic rings. The van der Waals surface area contributed by atoms with Crippen LogP contribution < -0.4 is 0 Å². The molecule has 88 valence electrons. The molecule has 0 N–H and O–H groups in total. The number of amides is 2. The summed E-state index contributed by atoms with van der Waals surface area (Å²) in [5, 5.41) is 8.55. The first kappa shape index (κ1) is 11.4. The first-order valence-corrected chi connectivity index (χ1v) is 5.52. The van der Waals surface area contributed by atoms with E-state index in [0.29, 0.717) is 19.5 Å². The minimum absolute atomic E-state index is 0.0120. The van der Waals surface area contributed by atoms with Crippen molar-refractivity contribution in [2.24, 2.45) is 0 Å². The second-order valence-corrected chi connectivity index (χ2v) is 4.04. The topological polar surface area (TPSA) is 60.2 Å². The lowest BCUT2D eigenvalue weighted by Crippen LogP contribution is -2.30. The summed E-state index contributed by atoms with van der Waals surface area (Å²) in [6, 6.07) is 5.95. The van der Waals surface area contributed by atoms with Crippen LogP contribution in [0.25, 0.3) is 0 Å². The van der Waals surface area contributed by atoms with Crippen LogP contribution in [0.4, 0.5) is 4.79 Å². The monoisotopic (exact) mass is 230 g/mol. The van der Waals surface area contributed by atoms with Gasteiger partial charge in [0.05, 0.1) is 18.5 Å². The number of nitrogens with zero attached hydrogens (tertiary/aromatic N) is 4. The molecule has 5 nitrogen and oxygen atoms in total. The standard InChI is InChI=1S/C12H14N4O/c1-15-11(10-3-6-14-7-4-10)9-16(12(15)17)8-2-5-13/h3-4,6-7,11H,2,8-9H2,1H3. The Hall–Kier alpha value is -2.09. The SMILES string of the molecule is CN1C(=O)N(CCC#N)CC1c1ccncc1. The lowest BCUT2D eigenvalue weighted by atomic mass is 10.1. The summed E-state index contributed by atoms with van der Waals surface area (Å²) in [7, 11) is 1.79. The van der Waals surface area contributed by atoms with Crippen molar-refractivity contribution >= 4 is 6.03 Å². The Bertz CT molecular complexity index is 440. The van der Waals surface area contributed by atoms with Gasteiger partial charge < -0.3 is 9.80 Å². The van der Waals surface area contributed by atoms with E-state index in [1.807, 2.05) is 12.1 Å². The largest absolute Gasteiger partial charge is 0.321 e. The molecule has 1 aromatic rings. The minimum Gasteiger partial charge on any atom is -0.321 e. The zero-order valence-corrected chi connectivity index (χ0v) is 9.71. The van der Waals surface area contributed by atoms with Gasteiger partial charge in [-0.05, 0) is 17.7 Å². The first-order chi connectivity index (χ1) is 8.24. The van der Waals surface area contributed by atoms with Gasteiger partial charge in [0, 0.05) is 32.5 Å². The van der Waals surface area contributed by atoms with E-state index in [-0.39, 0.29) is 12.1 Å². The predicted molar refractivity (Wildman–Crippen MR) is 61.9 cm³/mol. The van der Waals surface area contributed by atoms with Crippen molar-refractivity contribution in [2.75, 3.05) is 20.1 Å². The summed E-state index contributed by atoms with van der Waals surface area (Å²) in [6.07, 6.45) is 3.83. The third-order valence-electron chi connectivity index (χ3n) is 3.02. The lowest BCUT2D eigenvalue weighted by Gasteiger charge is -2.17. The van der Waals surface area contributed by atoms with Gasteiger partial charge in [-0.25, -0.2) is 4.79 Å². The van der Waals surface area contributed by atoms with E-state index in [2.05, 4.69) is 11.1 Å². The van der Waals surface area contributed by atoms with Gasteiger partial charge in [0.2, 0.25) is 0 Å². The van der Waals surface area contributed by atoms with Crippen LogP contribution in [0.1, 0.15) is 18.0 Å². The van der Waals surface area contributed by atoms with Gasteiger partial charge in [-0.1, -0.05) is 0 Å². The number of carbonyl (C=O) groups is 1. The van der Waals surface area contributed by atoms with Gasteiger partial charge in [0.25, 0.3) is 0 Å². The minimum atomic E-state index is -0.0120. The first-order valence-electron chi connectivity index (χ1n) is 5.52. The van der Waals surface area contributed by atoms with E-state index in [0.717, 1.165) is 5.56 Å². The summed E-state index contributed by atoms with van der Waals surface area (Å²) in [4.78, 5) is 19.3. The van der Waals surface area contributed by atoms with Gasteiger partial charge in [0.1, 0.15) is 0 Å². The molecule has 2 amide bonds. The van der Waals surface area contributed by atoms with Crippen LogP contribution in [-0.4, -0.2) is 41.0 Å². The molecule has 5 heteroatoms. The van der Waals surface area contributed by atoms with E-state index in [1.54, 1.807) is 29.2 Å². The van der Waals surface area contributed by atoms with Gasteiger partial charge in [0.15, 0.2) is 0 Å². The summed E-state index contributed by atoms with van der Waals surface area (Å²) in [5.41, 5.74) is 1.08. The molecule has 17 heavy (non-hydrogen) atoms. The maximum Gasteiger partial charge on any atom is 0.320 e. The highest BCUT2D eigenvalue weighted by atomic mass is 16.2. The fourth-order valence-electron chi connectivity index (χ4n) is 2.05. The molecule has 1 unspecified atom stereocenters. The zero-order chi connectivity index (χ0) is 12.3. The molecule has 0 aromatic carbocycles. The van der Waals surface area contributed by atoms with Crippen molar-refractivity contribution in [1.82, 2.24) is 14.8 Å². The summed E-state index contributed by atoms with van der Waals surface area (Å²) in [5.74, 6) is 0. The van der Waals surface area contributed by atoms with Crippen LogP contribution >= 0.6 is 0 Å². The average molecular weight is 230 g/mol. The number of carbonyl (C=O) groups excluding carboxylic acids is 1. The maximum atomic E-state index is 11.9. The molecule has 1 fully saturated rings. The molecule has 2 rings (SSSR count). The number of likely N-dealkylation sites (N-methyl/N-ethyl adjacent to an activating group) is 1. The van der Waals surface area contributed by atoms with Crippen molar-refractivity contribution in [3.8, 4) is 6.07 Å². The zero-order valence-electron chi connectivity index (χ0n) is 9.71. The van der Waals surface area contributed by atoms with Crippen molar-refractivity contribution in [2.45, 2.75) is 12.5 Å². The molecule has 1 saturated heterocycles. The number of urea groups is 1. The molecule has 0 bridgehead atoms. The predicted octanol–water partition coefficient (Wildman–Crippen LogP) is 1.40. The van der Waals surface area contributed by atoms with Gasteiger partial charge in [-0.3, -0.25) is 4.98 Å². The van der Waals surface area contributed by atoms with E-state index in [9.17, 15) is 4.79 Å². The molecular formula is C12H14N4O. The van der Waals surface area contributed by atoms with Crippen molar-refractivity contribution < 1.29 is 4.79 Å². The van der Waals surface area contributed by atoms with E-state index in [1.165, 1.54) is 0 Å². The van der Waals surface area contributed by atoms with Crippen molar-refractivity contribution in [1.29, 1.82) is 5.26 Å². The maximum absolute atomic E-state index is 11.9. The van der Waals surface area contributed by atoms with E-state index < -0.39 is 0 Å². The summed E-state index contributed by atoms with van der Waals surface area (Å²) < 4.78 is 0. The Labute approximate surface area is 100 Å². The molecule has 1 aromatic heterocycles. The van der Waals surface area contributed by atoms with E-state index in [4.69, 9.17) is 5.26 Å². The van der Waals surface area contributed by atoms with Crippen LogP contribution in [0.2, 0.25) is 0 Å². The quantitative estimate of drug-likeness (QED) is 0.788. The molecular weight excluding hydrogens is 216 g/mol. The highest BCUT2D eigenvalue weighted by molar-refractivity contribution is 5.77. The highest BCUT2D eigenvalue weighted by Crippen LogP contribution is 2.27. The molecule has 0 radical (unpaired) electrons. The van der Waals surface area contributed by atoms with Gasteiger partial charge in [-0.15, -0.1) is 0 Å². The van der Waals surface area contributed by atoms with E-state index >= 15 is 0 Å². The fraction of sp³-hybridized carbons (Fsp3) is 0.417. The third-order valence-corrected chi connectivity index (χ3v) is 3.02. The number of pyridine rings is 1. The number of aromatic nitrogens is 1. The number of nitriles is 1. The fourth-order valence-corrected chi connectivity index (χ4v) is 2.05. The molecule has 1 aliphatic heterocycles. The van der Waals surface area contributed by atoms with Crippen LogP contribution in [-0.2, 0) is 0 Å². The number of rotatable bonds is 3. The summed E-state index contributed by atoms with van der Waals surface area (Å²) >= 11 is 0. The average Bonchev–Trinajstić information content (AvgIpc) is 2.65. The second kappa shape index (κ2) is 4.83. The number of hydrogen-bond acceptors (Lipinski definition) is 3. The van der Waals surface area contributed by atoms with Gasteiger partial charge in [-0.2, -0.15) is 5.26 Å².